The largest absolute Gasteiger partial charge is 0.480 e. The molecular formula is C16H21NO4. The zero-order valence-corrected chi connectivity index (χ0v) is 12.4. The highest BCUT2D eigenvalue weighted by molar-refractivity contribution is 5.91. The minimum Gasteiger partial charge on any atom is -0.480 e. The first-order valence-corrected chi connectivity index (χ1v) is 7.14. The topological polar surface area (TPSA) is 75.6 Å². The predicted molar refractivity (Wildman–Crippen MR) is 78.2 cm³/mol. The van der Waals surface area contributed by atoms with Crippen LogP contribution in [0.1, 0.15) is 30.9 Å². The lowest BCUT2D eigenvalue weighted by Gasteiger charge is -2.36. The summed E-state index contributed by atoms with van der Waals surface area (Å²) in [6.45, 7) is 4.47. The average Bonchev–Trinajstić information content (AvgIpc) is 2.48. The lowest BCUT2D eigenvalue weighted by Crippen LogP contribution is -2.52. The van der Waals surface area contributed by atoms with E-state index in [0.29, 0.717) is 26.1 Å². The van der Waals surface area contributed by atoms with Crippen molar-refractivity contribution in [3.63, 3.8) is 0 Å². The first-order valence-electron chi connectivity index (χ1n) is 7.14. The summed E-state index contributed by atoms with van der Waals surface area (Å²) in [7, 11) is 0. The fraction of sp³-hybridized carbons (Fsp3) is 0.500. The van der Waals surface area contributed by atoms with Gasteiger partial charge in [-0.2, -0.15) is 0 Å². The van der Waals surface area contributed by atoms with E-state index >= 15 is 0 Å². The van der Waals surface area contributed by atoms with Crippen molar-refractivity contribution in [3.05, 3.63) is 35.4 Å². The van der Waals surface area contributed by atoms with E-state index in [-0.39, 0.29) is 5.91 Å². The van der Waals surface area contributed by atoms with Crippen molar-refractivity contribution in [3.8, 4) is 0 Å². The van der Waals surface area contributed by atoms with Crippen molar-refractivity contribution in [1.29, 1.82) is 0 Å². The summed E-state index contributed by atoms with van der Waals surface area (Å²) in [6.07, 6.45) is 1.13. The molecule has 0 spiro atoms. The van der Waals surface area contributed by atoms with Crippen molar-refractivity contribution < 1.29 is 19.4 Å². The predicted octanol–water partition coefficient (Wildman–Crippen LogP) is 1.63. The van der Waals surface area contributed by atoms with Crippen LogP contribution in [0.15, 0.2) is 24.3 Å². The molecule has 1 heterocycles. The molecule has 0 saturated carbocycles. The van der Waals surface area contributed by atoms with Crippen LogP contribution in [0.5, 0.6) is 0 Å². The number of rotatable bonds is 4. The smallest absolute Gasteiger partial charge is 0.325 e. The molecule has 0 radical (unpaired) electrons. The summed E-state index contributed by atoms with van der Waals surface area (Å²) in [4.78, 5) is 23.7. The van der Waals surface area contributed by atoms with Crippen molar-refractivity contribution in [2.45, 2.75) is 38.1 Å². The Labute approximate surface area is 124 Å². The van der Waals surface area contributed by atoms with Gasteiger partial charge in [0.15, 0.2) is 0 Å². The molecule has 21 heavy (non-hydrogen) atoms. The van der Waals surface area contributed by atoms with E-state index in [1.54, 1.807) is 0 Å². The SMILES string of the molecule is Cc1ccc(C2(C(=O)N[C@@H](C)C(=O)O)CCOCC2)cc1. The molecule has 1 fully saturated rings. The highest BCUT2D eigenvalue weighted by Crippen LogP contribution is 2.35. The average molecular weight is 291 g/mol. The lowest BCUT2D eigenvalue weighted by atomic mass is 9.73. The first kappa shape index (κ1) is 15.5. The van der Waals surface area contributed by atoms with Gasteiger partial charge >= 0.3 is 5.97 Å². The van der Waals surface area contributed by atoms with Gasteiger partial charge in [-0.05, 0) is 32.3 Å². The van der Waals surface area contributed by atoms with Gasteiger partial charge in [0, 0.05) is 13.2 Å². The normalized spacial score (nSPS) is 18.8. The zero-order valence-electron chi connectivity index (χ0n) is 12.4. The fourth-order valence-electron chi connectivity index (χ4n) is 2.64. The Kier molecular flexibility index (Phi) is 4.63. The minimum absolute atomic E-state index is 0.232. The van der Waals surface area contributed by atoms with E-state index < -0.39 is 17.4 Å². The Morgan fingerprint density at radius 3 is 2.33 bits per heavy atom. The molecule has 1 amide bonds. The molecule has 5 nitrogen and oxygen atoms in total. The van der Waals surface area contributed by atoms with E-state index in [9.17, 15) is 9.59 Å². The molecule has 2 N–H and O–H groups in total. The summed E-state index contributed by atoms with van der Waals surface area (Å²) in [5.41, 5.74) is 1.35. The van der Waals surface area contributed by atoms with Gasteiger partial charge < -0.3 is 15.2 Å². The van der Waals surface area contributed by atoms with Crippen molar-refractivity contribution in [1.82, 2.24) is 5.32 Å². The molecule has 2 rings (SSSR count). The van der Waals surface area contributed by atoms with Crippen molar-refractivity contribution >= 4 is 11.9 Å². The molecular weight excluding hydrogens is 270 g/mol. The molecule has 1 aliphatic rings. The summed E-state index contributed by atoms with van der Waals surface area (Å²) in [6, 6.07) is 6.95. The minimum atomic E-state index is -1.03. The number of carbonyl (C=O) groups is 2. The molecule has 1 saturated heterocycles. The number of aryl methyl sites for hydroxylation is 1. The van der Waals surface area contributed by atoms with E-state index in [1.807, 2.05) is 31.2 Å². The molecule has 1 atom stereocenters. The molecule has 1 aromatic rings. The quantitative estimate of drug-likeness (QED) is 0.884. The maximum Gasteiger partial charge on any atom is 0.325 e. The van der Waals surface area contributed by atoms with Crippen LogP contribution in [0.4, 0.5) is 0 Å². The third kappa shape index (κ3) is 3.24. The van der Waals surface area contributed by atoms with E-state index in [2.05, 4.69) is 5.32 Å². The number of amides is 1. The molecule has 1 aromatic carbocycles. The number of nitrogens with one attached hydrogen (secondary N) is 1. The van der Waals surface area contributed by atoms with E-state index in [1.165, 1.54) is 6.92 Å². The molecule has 0 aliphatic carbocycles. The molecule has 0 bridgehead atoms. The Morgan fingerprint density at radius 2 is 1.81 bits per heavy atom. The van der Waals surface area contributed by atoms with E-state index in [0.717, 1.165) is 11.1 Å². The van der Waals surface area contributed by atoms with Crippen LogP contribution in [-0.2, 0) is 19.7 Å². The van der Waals surface area contributed by atoms with Crippen LogP contribution < -0.4 is 5.32 Å². The number of hydrogen-bond acceptors (Lipinski definition) is 3. The number of carboxylic acids is 1. The number of ether oxygens (including phenoxy) is 1. The molecule has 1 aliphatic heterocycles. The van der Waals surface area contributed by atoms with Crippen LogP contribution in [0, 0.1) is 6.92 Å². The zero-order chi connectivity index (χ0) is 15.5. The third-order valence-electron chi connectivity index (χ3n) is 4.10. The van der Waals surface area contributed by atoms with Gasteiger partial charge in [-0.3, -0.25) is 9.59 Å². The highest BCUT2D eigenvalue weighted by Gasteiger charge is 2.42. The van der Waals surface area contributed by atoms with Gasteiger partial charge in [0.25, 0.3) is 0 Å². The highest BCUT2D eigenvalue weighted by atomic mass is 16.5. The summed E-state index contributed by atoms with van der Waals surface area (Å²) in [5.74, 6) is -1.26. The molecule has 114 valence electrons. The Hall–Kier alpha value is -1.88. The molecule has 0 aromatic heterocycles. The second-order valence-electron chi connectivity index (χ2n) is 5.59. The van der Waals surface area contributed by atoms with Crippen LogP contribution in [0.3, 0.4) is 0 Å². The van der Waals surface area contributed by atoms with Crippen molar-refractivity contribution in [2.75, 3.05) is 13.2 Å². The second kappa shape index (κ2) is 6.26. The Morgan fingerprint density at radius 1 is 1.24 bits per heavy atom. The third-order valence-corrected chi connectivity index (χ3v) is 4.10. The van der Waals surface area contributed by atoms with Crippen LogP contribution in [-0.4, -0.2) is 36.2 Å². The van der Waals surface area contributed by atoms with Crippen molar-refractivity contribution in [2.24, 2.45) is 0 Å². The maximum atomic E-state index is 12.7. The summed E-state index contributed by atoms with van der Waals surface area (Å²) >= 11 is 0. The number of benzene rings is 1. The van der Waals surface area contributed by atoms with Crippen LogP contribution in [0.25, 0.3) is 0 Å². The fourth-order valence-corrected chi connectivity index (χ4v) is 2.64. The van der Waals surface area contributed by atoms with Gasteiger partial charge in [-0.25, -0.2) is 0 Å². The van der Waals surface area contributed by atoms with Gasteiger partial charge in [-0.1, -0.05) is 29.8 Å². The lowest BCUT2D eigenvalue weighted by molar-refractivity contribution is -0.143. The maximum absolute atomic E-state index is 12.7. The number of aliphatic carboxylic acids is 1. The molecule has 0 unspecified atom stereocenters. The summed E-state index contributed by atoms with van der Waals surface area (Å²) < 4.78 is 5.38. The van der Waals surface area contributed by atoms with Gasteiger partial charge in [0.2, 0.25) is 5.91 Å². The Bertz CT molecular complexity index is 518. The van der Waals surface area contributed by atoms with Gasteiger partial charge in [0.1, 0.15) is 6.04 Å². The number of carbonyl (C=O) groups excluding carboxylic acids is 1. The Balaban J connectivity index is 2.30. The van der Waals surface area contributed by atoms with Crippen LogP contribution in [0.2, 0.25) is 0 Å². The molecule has 5 heteroatoms. The number of carboxylic acid groups (broad SMARTS) is 1. The first-order chi connectivity index (χ1) is 9.95. The summed E-state index contributed by atoms with van der Waals surface area (Å²) in [5, 5.41) is 11.6. The van der Waals surface area contributed by atoms with Crippen LogP contribution >= 0.6 is 0 Å². The number of hydrogen-bond donors (Lipinski definition) is 2. The van der Waals surface area contributed by atoms with Gasteiger partial charge in [-0.15, -0.1) is 0 Å². The second-order valence-corrected chi connectivity index (χ2v) is 5.59. The van der Waals surface area contributed by atoms with E-state index in [4.69, 9.17) is 9.84 Å². The standard InChI is InChI=1S/C16H21NO4/c1-11-3-5-13(6-4-11)16(7-9-21-10-8-16)15(20)17-12(2)14(18)19/h3-6,12H,7-10H2,1-2H3,(H,17,20)(H,18,19)/t12-/m0/s1. The van der Waals surface area contributed by atoms with Gasteiger partial charge in [0.05, 0.1) is 5.41 Å². The monoisotopic (exact) mass is 291 g/mol.